The number of carboxylic acids is 1. The predicted octanol–water partition coefficient (Wildman–Crippen LogP) is -0.0589. The standard InChI is InChI=1S/C11H13N3O4/c15-10(14-3-7-1-2-18-6-7)8-4-13-9(5-12-8)11(16)17/h4-5,7H,1-3,6H2,(H,14,15)(H,16,17). The van der Waals surface area contributed by atoms with Gasteiger partial charge in [0.15, 0.2) is 5.69 Å². The minimum atomic E-state index is -1.17. The van der Waals surface area contributed by atoms with Crippen LogP contribution in [-0.2, 0) is 4.74 Å². The number of hydrogen-bond donors (Lipinski definition) is 2. The second-order valence-corrected chi connectivity index (χ2v) is 4.03. The first kappa shape index (κ1) is 12.4. The molecule has 0 spiro atoms. The highest BCUT2D eigenvalue weighted by molar-refractivity contribution is 5.92. The Labute approximate surface area is 103 Å². The van der Waals surface area contributed by atoms with Crippen LogP contribution in [0.2, 0.25) is 0 Å². The number of aromatic nitrogens is 2. The lowest BCUT2D eigenvalue weighted by atomic mass is 10.1. The Morgan fingerprint density at radius 3 is 2.67 bits per heavy atom. The number of rotatable bonds is 4. The van der Waals surface area contributed by atoms with Crippen LogP contribution < -0.4 is 5.32 Å². The lowest BCUT2D eigenvalue weighted by Gasteiger charge is -2.08. The van der Waals surface area contributed by atoms with E-state index in [0.717, 1.165) is 25.4 Å². The fraction of sp³-hybridized carbons (Fsp3) is 0.455. The third kappa shape index (κ3) is 3.01. The van der Waals surface area contributed by atoms with Gasteiger partial charge in [-0.2, -0.15) is 0 Å². The van der Waals surface area contributed by atoms with Gasteiger partial charge in [-0.15, -0.1) is 0 Å². The van der Waals surface area contributed by atoms with Crippen LogP contribution in [0.15, 0.2) is 12.4 Å². The van der Waals surface area contributed by atoms with Gasteiger partial charge in [-0.25, -0.2) is 14.8 Å². The molecular weight excluding hydrogens is 238 g/mol. The maximum Gasteiger partial charge on any atom is 0.356 e. The fourth-order valence-corrected chi connectivity index (χ4v) is 1.63. The smallest absolute Gasteiger partial charge is 0.356 e. The first-order valence-electron chi connectivity index (χ1n) is 5.58. The summed E-state index contributed by atoms with van der Waals surface area (Å²) in [5.41, 5.74) is -0.0744. The molecular formula is C11H13N3O4. The normalized spacial score (nSPS) is 18.6. The topological polar surface area (TPSA) is 101 Å². The molecule has 0 aliphatic carbocycles. The molecule has 2 rings (SSSR count). The van der Waals surface area contributed by atoms with Crippen LogP contribution in [0.1, 0.15) is 27.4 Å². The molecule has 2 N–H and O–H groups in total. The predicted molar refractivity (Wildman–Crippen MR) is 60.3 cm³/mol. The molecule has 0 aromatic carbocycles. The highest BCUT2D eigenvalue weighted by atomic mass is 16.5. The summed E-state index contributed by atoms with van der Waals surface area (Å²) in [5, 5.41) is 11.4. The van der Waals surface area contributed by atoms with Gasteiger partial charge in [-0.1, -0.05) is 0 Å². The molecule has 7 heteroatoms. The van der Waals surface area contributed by atoms with Crippen LogP contribution in [0.25, 0.3) is 0 Å². The van der Waals surface area contributed by atoms with Crippen LogP contribution >= 0.6 is 0 Å². The second kappa shape index (κ2) is 5.54. The van der Waals surface area contributed by atoms with Crippen molar-refractivity contribution in [3.8, 4) is 0 Å². The highest BCUT2D eigenvalue weighted by Gasteiger charge is 2.17. The van der Waals surface area contributed by atoms with Crippen molar-refractivity contribution in [3.63, 3.8) is 0 Å². The summed E-state index contributed by atoms with van der Waals surface area (Å²) in [6.45, 7) is 1.92. The van der Waals surface area contributed by atoms with Crippen LogP contribution in [0.5, 0.6) is 0 Å². The van der Waals surface area contributed by atoms with E-state index in [9.17, 15) is 9.59 Å². The minimum absolute atomic E-state index is 0.110. The van der Waals surface area contributed by atoms with Gasteiger partial charge in [-0.3, -0.25) is 4.79 Å². The number of aromatic carboxylic acids is 1. The molecule has 1 atom stereocenters. The summed E-state index contributed by atoms with van der Waals surface area (Å²) in [6.07, 6.45) is 3.16. The average Bonchev–Trinajstić information content (AvgIpc) is 2.89. The van der Waals surface area contributed by atoms with Crippen LogP contribution in [0.4, 0.5) is 0 Å². The van der Waals surface area contributed by atoms with E-state index in [1.807, 2.05) is 0 Å². The molecule has 1 aliphatic rings. The minimum Gasteiger partial charge on any atom is -0.476 e. The molecule has 1 aromatic heterocycles. The Balaban J connectivity index is 1.89. The van der Waals surface area contributed by atoms with E-state index >= 15 is 0 Å². The Morgan fingerprint density at radius 2 is 2.11 bits per heavy atom. The van der Waals surface area contributed by atoms with Crippen LogP contribution in [0.3, 0.4) is 0 Å². The van der Waals surface area contributed by atoms with E-state index in [1.165, 1.54) is 0 Å². The first-order valence-corrected chi connectivity index (χ1v) is 5.58. The van der Waals surface area contributed by atoms with Crippen molar-refractivity contribution in [2.75, 3.05) is 19.8 Å². The number of ether oxygens (including phenoxy) is 1. The lowest BCUT2D eigenvalue weighted by molar-refractivity contribution is 0.0689. The molecule has 7 nitrogen and oxygen atoms in total. The summed E-state index contributed by atoms with van der Waals surface area (Å²) < 4.78 is 5.19. The number of carbonyl (C=O) groups is 2. The highest BCUT2D eigenvalue weighted by Crippen LogP contribution is 2.10. The molecule has 0 saturated carbocycles. The van der Waals surface area contributed by atoms with Gasteiger partial charge in [0.1, 0.15) is 5.69 Å². The van der Waals surface area contributed by atoms with Crippen LogP contribution in [-0.4, -0.2) is 46.7 Å². The maximum absolute atomic E-state index is 11.7. The van der Waals surface area contributed by atoms with E-state index in [4.69, 9.17) is 9.84 Å². The molecule has 1 aliphatic heterocycles. The van der Waals surface area contributed by atoms with Gasteiger partial charge in [0.2, 0.25) is 0 Å². The zero-order valence-electron chi connectivity index (χ0n) is 9.63. The molecule has 18 heavy (non-hydrogen) atoms. The zero-order chi connectivity index (χ0) is 13.0. The number of nitrogens with zero attached hydrogens (tertiary/aromatic N) is 2. The maximum atomic E-state index is 11.7. The average molecular weight is 251 g/mol. The number of carboxylic acid groups (broad SMARTS) is 1. The SMILES string of the molecule is O=C(O)c1cnc(C(=O)NCC2CCOC2)cn1. The molecule has 96 valence electrons. The summed E-state index contributed by atoms with van der Waals surface area (Å²) in [6, 6.07) is 0. The Hall–Kier alpha value is -2.02. The van der Waals surface area contributed by atoms with E-state index in [-0.39, 0.29) is 17.3 Å². The van der Waals surface area contributed by atoms with Crippen molar-refractivity contribution in [3.05, 3.63) is 23.8 Å². The van der Waals surface area contributed by atoms with Gasteiger partial charge in [0.25, 0.3) is 5.91 Å². The number of nitrogens with one attached hydrogen (secondary N) is 1. The fourth-order valence-electron chi connectivity index (χ4n) is 1.63. The van der Waals surface area contributed by atoms with Gasteiger partial charge >= 0.3 is 5.97 Å². The molecule has 2 heterocycles. The summed E-state index contributed by atoms with van der Waals surface area (Å²) in [5.74, 6) is -1.19. The molecule has 1 fully saturated rings. The van der Waals surface area contributed by atoms with Gasteiger partial charge in [-0.05, 0) is 6.42 Å². The van der Waals surface area contributed by atoms with Gasteiger partial charge < -0.3 is 15.2 Å². The van der Waals surface area contributed by atoms with Gasteiger partial charge in [0, 0.05) is 19.1 Å². The zero-order valence-corrected chi connectivity index (χ0v) is 9.63. The summed E-state index contributed by atoms with van der Waals surface area (Å²) in [4.78, 5) is 29.6. The summed E-state index contributed by atoms with van der Waals surface area (Å²) >= 11 is 0. The Kier molecular flexibility index (Phi) is 3.83. The monoisotopic (exact) mass is 251 g/mol. The Morgan fingerprint density at radius 1 is 1.39 bits per heavy atom. The van der Waals surface area contributed by atoms with Gasteiger partial charge in [0.05, 0.1) is 19.0 Å². The van der Waals surface area contributed by atoms with Crippen molar-refractivity contribution < 1.29 is 19.4 Å². The quantitative estimate of drug-likeness (QED) is 0.777. The molecule has 1 aromatic rings. The molecule has 0 radical (unpaired) electrons. The van der Waals surface area contributed by atoms with E-state index in [0.29, 0.717) is 19.1 Å². The van der Waals surface area contributed by atoms with Crippen molar-refractivity contribution in [1.29, 1.82) is 0 Å². The third-order valence-electron chi connectivity index (χ3n) is 2.68. The Bertz CT molecular complexity index is 440. The number of carbonyl (C=O) groups excluding carboxylic acids is 1. The van der Waals surface area contributed by atoms with Crippen molar-refractivity contribution >= 4 is 11.9 Å². The molecule has 1 saturated heterocycles. The van der Waals surface area contributed by atoms with Crippen molar-refractivity contribution in [1.82, 2.24) is 15.3 Å². The summed E-state index contributed by atoms with van der Waals surface area (Å²) in [7, 11) is 0. The van der Waals surface area contributed by atoms with E-state index < -0.39 is 5.97 Å². The van der Waals surface area contributed by atoms with E-state index in [1.54, 1.807) is 0 Å². The largest absolute Gasteiger partial charge is 0.476 e. The number of amides is 1. The molecule has 1 unspecified atom stereocenters. The van der Waals surface area contributed by atoms with Crippen molar-refractivity contribution in [2.24, 2.45) is 5.92 Å². The van der Waals surface area contributed by atoms with Crippen molar-refractivity contribution in [2.45, 2.75) is 6.42 Å². The third-order valence-corrected chi connectivity index (χ3v) is 2.68. The molecule has 0 bridgehead atoms. The molecule has 1 amide bonds. The number of hydrogen-bond acceptors (Lipinski definition) is 5. The lowest BCUT2D eigenvalue weighted by Crippen LogP contribution is -2.30. The van der Waals surface area contributed by atoms with E-state index in [2.05, 4.69) is 15.3 Å². The van der Waals surface area contributed by atoms with Crippen LogP contribution in [0, 0.1) is 5.92 Å². The second-order valence-electron chi connectivity index (χ2n) is 4.03. The first-order chi connectivity index (χ1) is 8.66.